The minimum absolute atomic E-state index is 0.141. The smallest absolute Gasteiger partial charge is 0.163 e. The van der Waals surface area contributed by atoms with E-state index >= 15 is 0 Å². The Balaban J connectivity index is 1.51. The molecule has 0 saturated heterocycles. The van der Waals surface area contributed by atoms with Crippen molar-refractivity contribution < 1.29 is 9.59 Å². The molecule has 3 nitrogen and oxygen atoms in total. The standard InChI is InChI=1S/C28H29BrClNO2/c1-31(2)12-4-6-24(32)5-3-7-27(33)28-25-11-9-22(29)15-21(25)17-26(28)20-13-18-8-10-23(30)16-19(18)14-20/h8-11,14-16H,3-7,12-13,17H2,1-2H3. The molecule has 5 heteroatoms. The normalized spacial score (nSPS) is 14.5. The molecule has 0 amide bonds. The molecular formula is C28H29BrClNO2. The van der Waals surface area contributed by atoms with Gasteiger partial charge in [-0.05, 0) is 104 Å². The van der Waals surface area contributed by atoms with Gasteiger partial charge in [-0.3, -0.25) is 9.59 Å². The van der Waals surface area contributed by atoms with E-state index in [9.17, 15) is 9.59 Å². The highest BCUT2D eigenvalue weighted by Crippen LogP contribution is 2.42. The van der Waals surface area contributed by atoms with Crippen LogP contribution in [0.2, 0.25) is 5.02 Å². The second-order valence-electron chi connectivity index (χ2n) is 9.24. The predicted molar refractivity (Wildman–Crippen MR) is 140 cm³/mol. The van der Waals surface area contributed by atoms with Gasteiger partial charge in [-0.2, -0.15) is 0 Å². The van der Waals surface area contributed by atoms with Crippen LogP contribution in [-0.4, -0.2) is 37.1 Å². The molecule has 4 rings (SSSR count). The number of hydrogen-bond acceptors (Lipinski definition) is 3. The van der Waals surface area contributed by atoms with Crippen LogP contribution in [0.1, 0.15) is 54.4 Å². The Kier molecular flexibility index (Phi) is 7.68. The SMILES string of the molecule is CN(C)CCCC(=O)CCCC(=O)C1=C(C2=Cc3cc(Cl)ccc3C2)Cc2cc(Br)ccc21. The number of rotatable bonds is 10. The average molecular weight is 527 g/mol. The van der Waals surface area contributed by atoms with Gasteiger partial charge >= 0.3 is 0 Å². The van der Waals surface area contributed by atoms with Crippen molar-refractivity contribution in [1.29, 1.82) is 0 Å². The zero-order valence-corrected chi connectivity index (χ0v) is 21.6. The predicted octanol–water partition coefficient (Wildman–Crippen LogP) is 6.70. The molecule has 0 unspecified atom stereocenters. The number of fused-ring (bicyclic) bond motifs is 2. The number of allylic oxidation sites excluding steroid dienone is 3. The number of ketones is 2. The van der Waals surface area contributed by atoms with Crippen LogP contribution >= 0.6 is 27.5 Å². The van der Waals surface area contributed by atoms with Crippen molar-refractivity contribution >= 4 is 50.7 Å². The van der Waals surface area contributed by atoms with Crippen molar-refractivity contribution in [3.05, 3.63) is 79.3 Å². The lowest BCUT2D eigenvalue weighted by Crippen LogP contribution is -2.14. The van der Waals surface area contributed by atoms with Crippen LogP contribution in [0.5, 0.6) is 0 Å². The fourth-order valence-corrected chi connectivity index (χ4v) is 5.36. The molecule has 172 valence electrons. The van der Waals surface area contributed by atoms with Gasteiger partial charge in [0.2, 0.25) is 0 Å². The number of nitrogens with zero attached hydrogens (tertiary/aromatic N) is 1. The molecule has 0 heterocycles. The minimum Gasteiger partial charge on any atom is -0.309 e. The average Bonchev–Trinajstić information content (AvgIpc) is 3.33. The molecule has 0 aliphatic heterocycles. The Morgan fingerprint density at radius 1 is 0.970 bits per heavy atom. The molecule has 2 aliphatic rings. The van der Waals surface area contributed by atoms with Crippen LogP contribution in [0.25, 0.3) is 11.6 Å². The first kappa shape index (κ1) is 24.1. The van der Waals surface area contributed by atoms with Gasteiger partial charge in [-0.15, -0.1) is 0 Å². The molecule has 0 fully saturated rings. The van der Waals surface area contributed by atoms with E-state index in [1.54, 1.807) is 0 Å². The van der Waals surface area contributed by atoms with Crippen molar-refractivity contribution in [1.82, 2.24) is 4.90 Å². The lowest BCUT2D eigenvalue weighted by molar-refractivity contribution is -0.119. The van der Waals surface area contributed by atoms with Gasteiger partial charge in [0.05, 0.1) is 0 Å². The first-order chi connectivity index (χ1) is 15.8. The van der Waals surface area contributed by atoms with Crippen molar-refractivity contribution in [3.63, 3.8) is 0 Å². The van der Waals surface area contributed by atoms with Crippen LogP contribution < -0.4 is 0 Å². The summed E-state index contributed by atoms with van der Waals surface area (Å²) in [5.74, 6) is 0.391. The lowest BCUT2D eigenvalue weighted by atomic mass is 9.93. The zero-order chi connectivity index (χ0) is 23.5. The zero-order valence-electron chi connectivity index (χ0n) is 19.2. The Bertz CT molecular complexity index is 1160. The van der Waals surface area contributed by atoms with E-state index in [4.69, 9.17) is 11.6 Å². The van der Waals surface area contributed by atoms with Crippen LogP contribution in [0, 0.1) is 0 Å². The number of Topliss-reactive ketones (excluding diaryl/α,β-unsaturated/α-hetero) is 2. The van der Waals surface area contributed by atoms with Crippen molar-refractivity contribution in [2.45, 2.75) is 44.9 Å². The lowest BCUT2D eigenvalue weighted by Gasteiger charge is -2.10. The van der Waals surface area contributed by atoms with Gasteiger partial charge in [0, 0.05) is 34.3 Å². The van der Waals surface area contributed by atoms with E-state index in [0.717, 1.165) is 57.6 Å². The summed E-state index contributed by atoms with van der Waals surface area (Å²) in [7, 11) is 4.03. The third-order valence-electron chi connectivity index (χ3n) is 6.41. The molecule has 2 aromatic rings. The van der Waals surface area contributed by atoms with Gasteiger partial charge in [-0.25, -0.2) is 0 Å². The van der Waals surface area contributed by atoms with E-state index in [1.165, 1.54) is 16.7 Å². The van der Waals surface area contributed by atoms with Gasteiger partial charge in [0.15, 0.2) is 5.78 Å². The van der Waals surface area contributed by atoms with E-state index in [2.05, 4.69) is 39.0 Å². The largest absolute Gasteiger partial charge is 0.309 e. The Morgan fingerprint density at radius 2 is 1.76 bits per heavy atom. The molecule has 0 aromatic heterocycles. The van der Waals surface area contributed by atoms with Gasteiger partial charge < -0.3 is 4.90 Å². The highest BCUT2D eigenvalue weighted by atomic mass is 79.9. The Morgan fingerprint density at radius 3 is 2.55 bits per heavy atom. The van der Waals surface area contributed by atoms with Gasteiger partial charge in [0.25, 0.3) is 0 Å². The maximum Gasteiger partial charge on any atom is 0.163 e. The summed E-state index contributed by atoms with van der Waals surface area (Å²) in [6.45, 7) is 0.913. The van der Waals surface area contributed by atoms with E-state index in [-0.39, 0.29) is 11.6 Å². The number of carbonyl (C=O) groups excluding carboxylic acids is 2. The summed E-state index contributed by atoms with van der Waals surface area (Å²) in [6.07, 6.45) is 6.70. The van der Waals surface area contributed by atoms with E-state index < -0.39 is 0 Å². The number of hydrogen-bond donors (Lipinski definition) is 0. The maximum absolute atomic E-state index is 13.4. The van der Waals surface area contributed by atoms with Crippen LogP contribution in [0.15, 0.2) is 52.0 Å². The number of halogens is 2. The van der Waals surface area contributed by atoms with E-state index in [1.807, 2.05) is 38.4 Å². The van der Waals surface area contributed by atoms with Crippen molar-refractivity contribution in [2.24, 2.45) is 0 Å². The first-order valence-corrected chi connectivity index (χ1v) is 12.7. The second kappa shape index (κ2) is 10.5. The molecule has 0 saturated carbocycles. The van der Waals surface area contributed by atoms with Gasteiger partial charge in [0.1, 0.15) is 5.78 Å². The number of carbonyl (C=O) groups is 2. The highest BCUT2D eigenvalue weighted by Gasteiger charge is 2.30. The van der Waals surface area contributed by atoms with Gasteiger partial charge in [-0.1, -0.05) is 45.7 Å². The second-order valence-corrected chi connectivity index (χ2v) is 10.6. The Labute approximate surface area is 209 Å². The van der Waals surface area contributed by atoms with Crippen molar-refractivity contribution in [3.8, 4) is 0 Å². The molecule has 2 aromatic carbocycles. The molecule has 33 heavy (non-hydrogen) atoms. The first-order valence-electron chi connectivity index (χ1n) is 11.5. The molecule has 0 radical (unpaired) electrons. The van der Waals surface area contributed by atoms with Crippen molar-refractivity contribution in [2.75, 3.05) is 20.6 Å². The topological polar surface area (TPSA) is 37.4 Å². The maximum atomic E-state index is 13.4. The summed E-state index contributed by atoms with van der Waals surface area (Å²) in [5, 5.41) is 0.727. The molecule has 2 aliphatic carbocycles. The molecule has 0 N–H and O–H groups in total. The third kappa shape index (κ3) is 5.74. The van der Waals surface area contributed by atoms with Crippen LogP contribution in [0.3, 0.4) is 0 Å². The highest BCUT2D eigenvalue weighted by molar-refractivity contribution is 9.10. The van der Waals surface area contributed by atoms with E-state index in [0.29, 0.717) is 25.7 Å². The van der Waals surface area contributed by atoms with Crippen LogP contribution in [0.4, 0.5) is 0 Å². The molecule has 0 spiro atoms. The summed E-state index contributed by atoms with van der Waals surface area (Å²) < 4.78 is 1.02. The summed E-state index contributed by atoms with van der Waals surface area (Å²) in [4.78, 5) is 27.7. The Hall–Kier alpha value is -2.01. The molecule has 0 atom stereocenters. The summed E-state index contributed by atoms with van der Waals surface area (Å²) in [5.41, 5.74) is 7.75. The summed E-state index contributed by atoms with van der Waals surface area (Å²) >= 11 is 9.77. The monoisotopic (exact) mass is 525 g/mol. The fraction of sp³-hybridized carbons (Fsp3) is 0.357. The quantitative estimate of drug-likeness (QED) is 0.346. The third-order valence-corrected chi connectivity index (χ3v) is 7.14. The number of benzene rings is 2. The fourth-order valence-electron chi connectivity index (χ4n) is 4.77. The molecular weight excluding hydrogens is 498 g/mol. The van der Waals surface area contributed by atoms with Crippen LogP contribution in [-0.2, 0) is 22.4 Å². The molecule has 0 bridgehead atoms. The minimum atomic E-state index is 0.141. The summed E-state index contributed by atoms with van der Waals surface area (Å²) in [6, 6.07) is 12.2.